The highest BCUT2D eigenvalue weighted by atomic mass is 16.6. The van der Waals surface area contributed by atoms with E-state index in [2.05, 4.69) is 20.5 Å². The van der Waals surface area contributed by atoms with E-state index in [1.54, 1.807) is 24.3 Å². The molecule has 1 aromatic heterocycles. The van der Waals surface area contributed by atoms with Gasteiger partial charge in [-0.05, 0) is 29.2 Å². The number of hydrogen-bond donors (Lipinski definition) is 2. The molecule has 0 bridgehead atoms. The molecule has 2 aromatic carbocycles. The zero-order valence-corrected chi connectivity index (χ0v) is 10.9. The number of H-pyrrole nitrogens is 1. The van der Waals surface area contributed by atoms with Gasteiger partial charge in [-0.25, -0.2) is 4.98 Å². The first-order valence-electron chi connectivity index (χ1n) is 6.22. The van der Waals surface area contributed by atoms with Crippen LogP contribution < -0.4 is 5.43 Å². The Morgan fingerprint density at radius 3 is 2.57 bits per heavy atom. The molecule has 3 rings (SSSR count). The summed E-state index contributed by atoms with van der Waals surface area (Å²) in [6.07, 6.45) is 0. The van der Waals surface area contributed by atoms with Gasteiger partial charge in [0.15, 0.2) is 0 Å². The van der Waals surface area contributed by atoms with Gasteiger partial charge in [-0.2, -0.15) is 5.43 Å². The summed E-state index contributed by atoms with van der Waals surface area (Å²) < 4.78 is 0. The fourth-order valence-electron chi connectivity index (χ4n) is 1.87. The molecule has 2 N–H and O–H groups in total. The fourth-order valence-corrected chi connectivity index (χ4v) is 1.87. The maximum Gasteiger partial charge on any atom is 0.430 e. The van der Waals surface area contributed by atoms with Gasteiger partial charge in [-0.1, -0.05) is 30.3 Å². The topological polar surface area (TPSA) is 96.2 Å². The lowest BCUT2D eigenvalue weighted by molar-refractivity contribution is -0.349. The van der Waals surface area contributed by atoms with Crippen LogP contribution >= 0.6 is 0 Å². The van der Waals surface area contributed by atoms with Crippen LogP contribution in [0.5, 0.6) is 0 Å². The number of fused-ring (bicyclic) bond motifs is 1. The van der Waals surface area contributed by atoms with Gasteiger partial charge < -0.3 is 15.1 Å². The second-order valence-corrected chi connectivity index (χ2v) is 4.27. The fraction of sp³-hybridized carbons (Fsp3) is 0. The Kier molecular flexibility index (Phi) is 3.30. The number of nitro groups is 1. The zero-order chi connectivity index (χ0) is 14.7. The summed E-state index contributed by atoms with van der Waals surface area (Å²) in [6.45, 7) is 0. The summed E-state index contributed by atoms with van der Waals surface area (Å²) in [7, 11) is 0. The first-order valence-corrected chi connectivity index (χ1v) is 6.22. The second-order valence-electron chi connectivity index (χ2n) is 4.27. The lowest BCUT2D eigenvalue weighted by Gasteiger charge is -1.96. The van der Waals surface area contributed by atoms with Crippen molar-refractivity contribution in [1.29, 1.82) is 0 Å². The maximum absolute atomic E-state index is 11.2. The van der Waals surface area contributed by atoms with E-state index >= 15 is 0 Å². The van der Waals surface area contributed by atoms with Crippen molar-refractivity contribution in [3.05, 3.63) is 70.5 Å². The number of amidine groups is 1. The van der Waals surface area contributed by atoms with E-state index < -0.39 is 4.92 Å². The van der Waals surface area contributed by atoms with E-state index in [4.69, 9.17) is 0 Å². The third kappa shape index (κ3) is 2.71. The SMILES string of the molecule is O=[N+]([O-])C(=NNc1ccccc1)c1nc2ccccc2[nH]1. The molecule has 0 spiro atoms. The Bertz CT molecular complexity index is 777. The number of imidazole rings is 1. The molecule has 104 valence electrons. The molecule has 0 unspecified atom stereocenters. The summed E-state index contributed by atoms with van der Waals surface area (Å²) in [5.74, 6) is -0.250. The maximum atomic E-state index is 11.2. The number of benzene rings is 2. The zero-order valence-electron chi connectivity index (χ0n) is 10.9. The molecule has 0 aliphatic carbocycles. The van der Waals surface area contributed by atoms with Gasteiger partial charge in [0.1, 0.15) is 0 Å². The van der Waals surface area contributed by atoms with Gasteiger partial charge in [0.2, 0.25) is 5.82 Å². The number of rotatable bonds is 3. The Balaban J connectivity index is 1.96. The molecule has 0 aliphatic rings. The smallest absolute Gasteiger partial charge is 0.358 e. The average Bonchev–Trinajstić information content (AvgIpc) is 2.91. The van der Waals surface area contributed by atoms with Crippen LogP contribution in [-0.4, -0.2) is 20.7 Å². The summed E-state index contributed by atoms with van der Waals surface area (Å²) in [5.41, 5.74) is 4.69. The van der Waals surface area contributed by atoms with Crippen LogP contribution in [-0.2, 0) is 0 Å². The first kappa shape index (κ1) is 12.8. The van der Waals surface area contributed by atoms with E-state index in [0.717, 1.165) is 5.52 Å². The Hall–Kier alpha value is -3.22. The summed E-state index contributed by atoms with van der Waals surface area (Å²) in [5, 5.41) is 15.0. The average molecular weight is 281 g/mol. The number of aromatic nitrogens is 2. The van der Waals surface area contributed by atoms with E-state index in [0.29, 0.717) is 11.2 Å². The molecule has 0 radical (unpaired) electrons. The van der Waals surface area contributed by atoms with Gasteiger partial charge in [0, 0.05) is 0 Å². The summed E-state index contributed by atoms with van der Waals surface area (Å²) in [4.78, 5) is 17.7. The number of anilines is 1. The number of aromatic amines is 1. The normalized spacial score (nSPS) is 11.5. The predicted molar refractivity (Wildman–Crippen MR) is 79.7 cm³/mol. The molecule has 0 atom stereocenters. The van der Waals surface area contributed by atoms with Crippen LogP contribution in [0.2, 0.25) is 0 Å². The molecular formula is C14H11N5O2. The molecule has 21 heavy (non-hydrogen) atoms. The monoisotopic (exact) mass is 281 g/mol. The van der Waals surface area contributed by atoms with Crippen LogP contribution in [0, 0.1) is 10.1 Å². The van der Waals surface area contributed by atoms with Crippen LogP contribution in [0.15, 0.2) is 59.7 Å². The Morgan fingerprint density at radius 1 is 1.14 bits per heavy atom. The highest BCUT2D eigenvalue weighted by molar-refractivity contribution is 5.93. The van der Waals surface area contributed by atoms with E-state index in [1.165, 1.54) is 0 Å². The number of nitrogens with one attached hydrogen (secondary N) is 2. The van der Waals surface area contributed by atoms with Gasteiger partial charge in [0.25, 0.3) is 0 Å². The third-order valence-electron chi connectivity index (χ3n) is 2.84. The lowest BCUT2D eigenvalue weighted by Crippen LogP contribution is -2.17. The first-order chi connectivity index (χ1) is 10.2. The van der Waals surface area contributed by atoms with E-state index in [9.17, 15) is 10.1 Å². The number of hydrogen-bond acceptors (Lipinski definition) is 5. The number of hydrazone groups is 1. The van der Waals surface area contributed by atoms with Crippen molar-refractivity contribution in [2.24, 2.45) is 5.10 Å². The third-order valence-corrected chi connectivity index (χ3v) is 2.84. The largest absolute Gasteiger partial charge is 0.430 e. The van der Waals surface area contributed by atoms with Gasteiger partial charge in [-0.15, -0.1) is 0 Å². The molecule has 0 fully saturated rings. The molecule has 0 saturated carbocycles. The van der Waals surface area contributed by atoms with Crippen molar-refractivity contribution in [1.82, 2.24) is 9.97 Å². The standard InChI is InChI=1S/C14H11N5O2/c20-19(21)14(18-17-10-6-2-1-3-7-10)13-15-11-8-4-5-9-12(11)16-13/h1-9,17H,(H,15,16). The summed E-state index contributed by atoms with van der Waals surface area (Å²) in [6, 6.07) is 16.2. The van der Waals surface area contributed by atoms with E-state index in [-0.39, 0.29) is 11.7 Å². The lowest BCUT2D eigenvalue weighted by atomic mass is 10.3. The molecule has 0 aliphatic heterocycles. The Labute approximate surface area is 119 Å². The molecule has 7 heteroatoms. The molecule has 0 saturated heterocycles. The van der Waals surface area contributed by atoms with Crippen LogP contribution in [0.4, 0.5) is 5.69 Å². The predicted octanol–water partition coefficient (Wildman–Crippen LogP) is 2.61. The molecular weight excluding hydrogens is 270 g/mol. The van der Waals surface area contributed by atoms with Crippen LogP contribution in [0.25, 0.3) is 11.0 Å². The van der Waals surface area contributed by atoms with Gasteiger partial charge >= 0.3 is 5.84 Å². The minimum absolute atomic E-state index is 0.115. The van der Waals surface area contributed by atoms with E-state index in [1.807, 2.05) is 30.3 Å². The number of para-hydroxylation sites is 3. The quantitative estimate of drug-likeness (QED) is 0.334. The van der Waals surface area contributed by atoms with Gasteiger partial charge in [0.05, 0.1) is 21.8 Å². The second kappa shape index (κ2) is 5.41. The molecule has 7 nitrogen and oxygen atoms in total. The molecule has 0 amide bonds. The van der Waals surface area contributed by atoms with Crippen molar-refractivity contribution in [3.8, 4) is 0 Å². The molecule has 1 heterocycles. The van der Waals surface area contributed by atoms with Gasteiger partial charge in [-0.3, -0.25) is 0 Å². The highest BCUT2D eigenvalue weighted by Gasteiger charge is 2.21. The van der Waals surface area contributed by atoms with Crippen molar-refractivity contribution in [2.45, 2.75) is 0 Å². The minimum atomic E-state index is -0.576. The van der Waals surface area contributed by atoms with Crippen molar-refractivity contribution < 1.29 is 4.92 Å². The van der Waals surface area contributed by atoms with Crippen molar-refractivity contribution in [2.75, 3.05) is 5.43 Å². The van der Waals surface area contributed by atoms with Crippen molar-refractivity contribution in [3.63, 3.8) is 0 Å². The molecule has 3 aromatic rings. The van der Waals surface area contributed by atoms with Crippen LogP contribution in [0.1, 0.15) is 5.82 Å². The van der Waals surface area contributed by atoms with Crippen molar-refractivity contribution >= 4 is 22.6 Å². The Morgan fingerprint density at radius 2 is 1.86 bits per heavy atom. The highest BCUT2D eigenvalue weighted by Crippen LogP contribution is 2.12. The number of nitrogens with zero attached hydrogens (tertiary/aromatic N) is 3. The minimum Gasteiger partial charge on any atom is -0.358 e. The summed E-state index contributed by atoms with van der Waals surface area (Å²) >= 11 is 0. The van der Waals surface area contributed by atoms with Crippen LogP contribution in [0.3, 0.4) is 0 Å².